The van der Waals surface area contributed by atoms with E-state index in [0.717, 1.165) is 36.8 Å². The SMILES string of the molecule is O=C(NC1CCCCCC1)C1c2ccccc2C(=O)N1Cc1ccccc1Cl. The van der Waals surface area contributed by atoms with E-state index in [4.69, 9.17) is 11.6 Å². The zero-order chi connectivity index (χ0) is 19.5. The molecule has 0 bridgehead atoms. The molecule has 1 heterocycles. The van der Waals surface area contributed by atoms with Gasteiger partial charge >= 0.3 is 0 Å². The van der Waals surface area contributed by atoms with E-state index in [-0.39, 0.29) is 17.9 Å². The normalized spacial score (nSPS) is 20.0. The van der Waals surface area contributed by atoms with Crippen LogP contribution in [0.5, 0.6) is 0 Å². The van der Waals surface area contributed by atoms with Crippen molar-refractivity contribution in [3.8, 4) is 0 Å². The Bertz CT molecular complexity index is 874. The predicted molar refractivity (Wildman–Crippen MR) is 110 cm³/mol. The smallest absolute Gasteiger partial charge is 0.255 e. The Kier molecular flexibility index (Phi) is 5.67. The average molecular weight is 397 g/mol. The number of rotatable bonds is 4. The second-order valence-corrected chi connectivity index (χ2v) is 8.12. The summed E-state index contributed by atoms with van der Waals surface area (Å²) in [6, 6.07) is 14.5. The van der Waals surface area contributed by atoms with Crippen LogP contribution < -0.4 is 5.32 Å². The average Bonchev–Trinajstić information content (AvgIpc) is 2.85. The second-order valence-electron chi connectivity index (χ2n) is 7.71. The van der Waals surface area contributed by atoms with E-state index in [9.17, 15) is 9.59 Å². The Labute approximate surface area is 170 Å². The lowest BCUT2D eigenvalue weighted by molar-refractivity contribution is -0.126. The first-order valence-corrected chi connectivity index (χ1v) is 10.5. The van der Waals surface area contributed by atoms with Crippen LogP contribution in [0.15, 0.2) is 48.5 Å². The minimum absolute atomic E-state index is 0.0859. The van der Waals surface area contributed by atoms with Crippen molar-refractivity contribution in [1.29, 1.82) is 0 Å². The molecule has 2 aromatic carbocycles. The maximum Gasteiger partial charge on any atom is 0.255 e. The van der Waals surface area contributed by atoms with Crippen molar-refractivity contribution in [1.82, 2.24) is 10.2 Å². The molecule has 1 N–H and O–H groups in total. The molecule has 4 nitrogen and oxygen atoms in total. The highest BCUT2D eigenvalue weighted by molar-refractivity contribution is 6.31. The number of hydrogen-bond acceptors (Lipinski definition) is 2. The first kappa shape index (κ1) is 19.0. The zero-order valence-corrected chi connectivity index (χ0v) is 16.6. The van der Waals surface area contributed by atoms with E-state index >= 15 is 0 Å². The predicted octanol–water partition coefficient (Wildman–Crippen LogP) is 4.88. The number of nitrogens with zero attached hydrogens (tertiary/aromatic N) is 1. The van der Waals surface area contributed by atoms with Crippen LogP contribution in [0.4, 0.5) is 0 Å². The fraction of sp³-hybridized carbons (Fsp3) is 0.391. The number of nitrogens with one attached hydrogen (secondary N) is 1. The van der Waals surface area contributed by atoms with Crippen LogP contribution in [0.2, 0.25) is 5.02 Å². The zero-order valence-electron chi connectivity index (χ0n) is 15.9. The summed E-state index contributed by atoms with van der Waals surface area (Å²) in [7, 11) is 0. The van der Waals surface area contributed by atoms with Crippen molar-refractivity contribution in [3.63, 3.8) is 0 Å². The van der Waals surface area contributed by atoms with Gasteiger partial charge in [0.15, 0.2) is 0 Å². The Hall–Kier alpha value is -2.33. The maximum absolute atomic E-state index is 13.3. The maximum atomic E-state index is 13.3. The summed E-state index contributed by atoms with van der Waals surface area (Å²) in [6.07, 6.45) is 6.78. The number of amides is 2. The molecule has 2 aliphatic rings. The Morgan fingerprint density at radius 1 is 1.00 bits per heavy atom. The molecule has 1 saturated carbocycles. The fourth-order valence-corrected chi connectivity index (χ4v) is 4.53. The molecule has 1 aliphatic heterocycles. The van der Waals surface area contributed by atoms with Crippen LogP contribution in [-0.2, 0) is 11.3 Å². The molecule has 0 aromatic heterocycles. The third kappa shape index (κ3) is 3.79. The van der Waals surface area contributed by atoms with Gasteiger partial charge in [0.25, 0.3) is 5.91 Å². The Morgan fingerprint density at radius 3 is 2.43 bits per heavy atom. The number of halogens is 1. The van der Waals surface area contributed by atoms with Gasteiger partial charge in [-0.3, -0.25) is 9.59 Å². The largest absolute Gasteiger partial charge is 0.351 e. The third-order valence-electron chi connectivity index (χ3n) is 5.81. The van der Waals surface area contributed by atoms with Crippen LogP contribution in [0.25, 0.3) is 0 Å². The van der Waals surface area contributed by atoms with Gasteiger partial charge in [0.05, 0.1) is 0 Å². The van der Waals surface area contributed by atoms with Crippen molar-refractivity contribution >= 4 is 23.4 Å². The second kappa shape index (κ2) is 8.36. The Morgan fingerprint density at radius 2 is 1.68 bits per heavy atom. The highest BCUT2D eigenvalue weighted by Gasteiger charge is 2.41. The molecule has 2 amide bonds. The van der Waals surface area contributed by atoms with Gasteiger partial charge in [-0.1, -0.05) is 73.7 Å². The molecule has 1 fully saturated rings. The van der Waals surface area contributed by atoms with Gasteiger partial charge in [-0.15, -0.1) is 0 Å². The molecule has 0 radical (unpaired) electrons. The molecule has 0 spiro atoms. The van der Waals surface area contributed by atoms with E-state index in [2.05, 4.69) is 5.32 Å². The minimum atomic E-state index is -0.608. The van der Waals surface area contributed by atoms with Crippen molar-refractivity contribution < 1.29 is 9.59 Å². The number of benzene rings is 2. The number of hydrogen-bond donors (Lipinski definition) is 1. The monoisotopic (exact) mass is 396 g/mol. The molecule has 1 atom stereocenters. The Balaban J connectivity index is 1.61. The van der Waals surface area contributed by atoms with Crippen molar-refractivity contribution in [2.45, 2.75) is 57.2 Å². The van der Waals surface area contributed by atoms with Gasteiger partial charge in [0.2, 0.25) is 5.91 Å². The van der Waals surface area contributed by atoms with Gasteiger partial charge in [0, 0.05) is 23.2 Å². The summed E-state index contributed by atoms with van der Waals surface area (Å²) in [5, 5.41) is 3.83. The first-order chi connectivity index (χ1) is 13.6. The fourth-order valence-electron chi connectivity index (χ4n) is 4.33. The summed E-state index contributed by atoms with van der Waals surface area (Å²) < 4.78 is 0. The van der Waals surface area contributed by atoms with E-state index in [1.165, 1.54) is 12.8 Å². The van der Waals surface area contributed by atoms with Crippen LogP contribution in [0.1, 0.15) is 66.1 Å². The molecule has 1 unspecified atom stereocenters. The lowest BCUT2D eigenvalue weighted by Gasteiger charge is -2.27. The van der Waals surface area contributed by atoms with E-state index in [1.54, 1.807) is 11.0 Å². The molecule has 0 saturated heterocycles. The van der Waals surface area contributed by atoms with Gasteiger partial charge in [-0.25, -0.2) is 0 Å². The van der Waals surface area contributed by atoms with Crippen LogP contribution in [-0.4, -0.2) is 22.8 Å². The van der Waals surface area contributed by atoms with Crippen molar-refractivity contribution in [2.24, 2.45) is 0 Å². The molecule has 146 valence electrons. The summed E-state index contributed by atoms with van der Waals surface area (Å²) in [6.45, 7) is 0.315. The number of carbonyl (C=O) groups excluding carboxylic acids is 2. The standard InChI is InChI=1S/C23H25ClN2O2/c24-20-14-8-5-9-16(20)15-26-21(18-12-6-7-13-19(18)23(26)28)22(27)25-17-10-3-1-2-4-11-17/h5-9,12-14,17,21H,1-4,10-11,15H2,(H,25,27). The first-order valence-electron chi connectivity index (χ1n) is 10.1. The highest BCUT2D eigenvalue weighted by atomic mass is 35.5. The van der Waals surface area contributed by atoms with Gasteiger partial charge < -0.3 is 10.2 Å². The van der Waals surface area contributed by atoms with E-state index in [1.807, 2.05) is 42.5 Å². The highest BCUT2D eigenvalue weighted by Crippen LogP contribution is 2.36. The number of carbonyl (C=O) groups is 2. The third-order valence-corrected chi connectivity index (χ3v) is 6.18. The van der Waals surface area contributed by atoms with Gasteiger partial charge in [-0.05, 0) is 36.1 Å². The summed E-state index contributed by atoms with van der Waals surface area (Å²) in [5.74, 6) is -0.200. The van der Waals surface area contributed by atoms with Crippen molar-refractivity contribution in [2.75, 3.05) is 0 Å². The molecular weight excluding hydrogens is 372 g/mol. The van der Waals surface area contributed by atoms with E-state index in [0.29, 0.717) is 17.1 Å². The molecule has 5 heteroatoms. The molecule has 4 rings (SSSR count). The molecule has 2 aromatic rings. The summed E-state index contributed by atoms with van der Waals surface area (Å²) in [4.78, 5) is 28.0. The number of fused-ring (bicyclic) bond motifs is 1. The molecule has 28 heavy (non-hydrogen) atoms. The van der Waals surface area contributed by atoms with Gasteiger partial charge in [0.1, 0.15) is 6.04 Å². The van der Waals surface area contributed by atoms with Crippen LogP contribution in [0, 0.1) is 0 Å². The molecular formula is C23H25ClN2O2. The van der Waals surface area contributed by atoms with Crippen molar-refractivity contribution in [3.05, 3.63) is 70.2 Å². The summed E-state index contributed by atoms with van der Waals surface area (Å²) in [5.41, 5.74) is 2.24. The lowest BCUT2D eigenvalue weighted by atomic mass is 10.0. The topological polar surface area (TPSA) is 49.4 Å². The molecule has 1 aliphatic carbocycles. The van der Waals surface area contributed by atoms with Gasteiger partial charge in [-0.2, -0.15) is 0 Å². The summed E-state index contributed by atoms with van der Waals surface area (Å²) >= 11 is 6.32. The quantitative estimate of drug-likeness (QED) is 0.749. The minimum Gasteiger partial charge on any atom is -0.351 e. The van der Waals surface area contributed by atoms with Crippen LogP contribution >= 0.6 is 11.6 Å². The van der Waals surface area contributed by atoms with Crippen LogP contribution in [0.3, 0.4) is 0 Å². The van der Waals surface area contributed by atoms with E-state index < -0.39 is 6.04 Å². The lowest BCUT2D eigenvalue weighted by Crippen LogP contribution is -2.43.